The van der Waals surface area contributed by atoms with E-state index in [9.17, 15) is 9.18 Å². The summed E-state index contributed by atoms with van der Waals surface area (Å²) in [4.78, 5) is 15.8. The lowest BCUT2D eigenvalue weighted by Crippen LogP contribution is -2.26. The van der Waals surface area contributed by atoms with Gasteiger partial charge in [0.25, 0.3) is 5.91 Å². The first-order valence-electron chi connectivity index (χ1n) is 6.89. The maximum Gasteiger partial charge on any atom is 0.254 e. The molecule has 5 heteroatoms. The molecule has 1 fully saturated rings. The minimum atomic E-state index is -0.570. The zero-order valence-corrected chi connectivity index (χ0v) is 11.2. The summed E-state index contributed by atoms with van der Waals surface area (Å²) in [6.45, 7) is 3.24. The first kappa shape index (κ1) is 13.8. The molecule has 1 saturated carbocycles. The van der Waals surface area contributed by atoms with E-state index in [1.807, 2.05) is 6.92 Å². The van der Waals surface area contributed by atoms with Crippen LogP contribution in [0.4, 0.5) is 10.2 Å². The van der Waals surface area contributed by atoms with Crippen LogP contribution in [0.15, 0.2) is 12.3 Å². The Balaban J connectivity index is 1.94. The van der Waals surface area contributed by atoms with E-state index in [0.717, 1.165) is 18.8 Å². The minimum absolute atomic E-state index is 0.0596. The molecule has 4 nitrogen and oxygen atoms in total. The van der Waals surface area contributed by atoms with Crippen LogP contribution in [0.25, 0.3) is 0 Å². The number of rotatable bonds is 7. The van der Waals surface area contributed by atoms with Crippen molar-refractivity contribution in [2.24, 2.45) is 5.92 Å². The fourth-order valence-corrected chi connectivity index (χ4v) is 1.88. The second-order valence-electron chi connectivity index (χ2n) is 4.94. The molecule has 1 aliphatic carbocycles. The van der Waals surface area contributed by atoms with Crippen molar-refractivity contribution in [3.63, 3.8) is 0 Å². The van der Waals surface area contributed by atoms with Gasteiger partial charge in [0, 0.05) is 19.3 Å². The molecule has 1 amide bonds. The highest BCUT2D eigenvalue weighted by Crippen LogP contribution is 2.31. The van der Waals surface area contributed by atoms with E-state index < -0.39 is 5.82 Å². The van der Waals surface area contributed by atoms with Crippen LogP contribution in [0.3, 0.4) is 0 Å². The number of pyridine rings is 1. The molecule has 19 heavy (non-hydrogen) atoms. The highest BCUT2D eigenvalue weighted by atomic mass is 19.1. The molecule has 104 valence electrons. The van der Waals surface area contributed by atoms with Crippen molar-refractivity contribution in [1.29, 1.82) is 0 Å². The second-order valence-corrected chi connectivity index (χ2v) is 4.94. The van der Waals surface area contributed by atoms with Gasteiger partial charge >= 0.3 is 0 Å². The SMILES string of the molecule is CCCNc1nccc(C(=O)NCCC2CC2)c1F. The number of carbonyl (C=O) groups excluding carboxylic acids is 1. The Labute approximate surface area is 112 Å². The van der Waals surface area contributed by atoms with E-state index >= 15 is 0 Å². The normalized spacial score (nSPS) is 14.2. The Morgan fingerprint density at radius 3 is 2.95 bits per heavy atom. The topological polar surface area (TPSA) is 54.0 Å². The first-order chi connectivity index (χ1) is 9.22. The number of anilines is 1. The number of aromatic nitrogens is 1. The van der Waals surface area contributed by atoms with Gasteiger partial charge in [0.05, 0.1) is 5.56 Å². The van der Waals surface area contributed by atoms with Crippen molar-refractivity contribution in [2.75, 3.05) is 18.4 Å². The number of carbonyl (C=O) groups is 1. The molecule has 0 aliphatic heterocycles. The first-order valence-corrected chi connectivity index (χ1v) is 6.89. The van der Waals surface area contributed by atoms with Crippen LogP contribution in [-0.4, -0.2) is 24.0 Å². The fraction of sp³-hybridized carbons (Fsp3) is 0.571. The van der Waals surface area contributed by atoms with Gasteiger partial charge in [0.2, 0.25) is 0 Å². The molecule has 0 radical (unpaired) electrons. The molecule has 0 unspecified atom stereocenters. The third kappa shape index (κ3) is 3.91. The maximum absolute atomic E-state index is 14.1. The maximum atomic E-state index is 14.1. The van der Waals surface area contributed by atoms with Crippen molar-refractivity contribution in [2.45, 2.75) is 32.6 Å². The molecular weight excluding hydrogens is 245 g/mol. The van der Waals surface area contributed by atoms with Gasteiger partial charge in [-0.2, -0.15) is 0 Å². The molecule has 1 aliphatic rings. The van der Waals surface area contributed by atoms with Crippen LogP contribution >= 0.6 is 0 Å². The molecular formula is C14H20FN3O. The van der Waals surface area contributed by atoms with Gasteiger partial charge in [0.15, 0.2) is 11.6 Å². The predicted molar refractivity (Wildman–Crippen MR) is 72.6 cm³/mol. The zero-order chi connectivity index (χ0) is 13.7. The molecule has 0 spiro atoms. The van der Waals surface area contributed by atoms with Crippen LogP contribution < -0.4 is 10.6 Å². The highest BCUT2D eigenvalue weighted by molar-refractivity contribution is 5.95. The van der Waals surface area contributed by atoms with Crippen LogP contribution in [0, 0.1) is 11.7 Å². The smallest absolute Gasteiger partial charge is 0.254 e. The Morgan fingerprint density at radius 2 is 2.26 bits per heavy atom. The summed E-state index contributed by atoms with van der Waals surface area (Å²) in [5.74, 6) is -0.0268. The summed E-state index contributed by atoms with van der Waals surface area (Å²) in [6.07, 6.45) is 5.82. The summed E-state index contributed by atoms with van der Waals surface area (Å²) in [7, 11) is 0. The summed E-state index contributed by atoms with van der Waals surface area (Å²) in [5.41, 5.74) is 0.0596. The van der Waals surface area contributed by atoms with Gasteiger partial charge in [-0.25, -0.2) is 9.37 Å². The summed E-state index contributed by atoms with van der Waals surface area (Å²) in [5, 5.41) is 5.64. The van der Waals surface area contributed by atoms with E-state index in [1.165, 1.54) is 25.1 Å². The van der Waals surface area contributed by atoms with Crippen molar-refractivity contribution >= 4 is 11.7 Å². The van der Waals surface area contributed by atoms with Crippen LogP contribution in [0.5, 0.6) is 0 Å². The average Bonchev–Trinajstić information content (AvgIpc) is 3.21. The van der Waals surface area contributed by atoms with Gasteiger partial charge in [-0.15, -0.1) is 0 Å². The number of nitrogens with one attached hydrogen (secondary N) is 2. The van der Waals surface area contributed by atoms with Crippen molar-refractivity contribution < 1.29 is 9.18 Å². The quantitative estimate of drug-likeness (QED) is 0.796. The molecule has 0 atom stereocenters. The minimum Gasteiger partial charge on any atom is -0.368 e. The van der Waals surface area contributed by atoms with Crippen molar-refractivity contribution in [3.8, 4) is 0 Å². The number of nitrogens with zero attached hydrogens (tertiary/aromatic N) is 1. The molecule has 0 aromatic carbocycles. The third-order valence-corrected chi connectivity index (χ3v) is 3.21. The number of amides is 1. The van der Waals surface area contributed by atoms with Crippen LogP contribution in [0.1, 0.15) is 43.0 Å². The largest absolute Gasteiger partial charge is 0.368 e. The summed E-state index contributed by atoms with van der Waals surface area (Å²) < 4.78 is 14.1. The number of hydrogen-bond donors (Lipinski definition) is 2. The fourth-order valence-electron chi connectivity index (χ4n) is 1.88. The van der Waals surface area contributed by atoms with E-state index in [4.69, 9.17) is 0 Å². The molecule has 0 saturated heterocycles. The Morgan fingerprint density at radius 1 is 1.47 bits per heavy atom. The lowest BCUT2D eigenvalue weighted by Gasteiger charge is -2.09. The van der Waals surface area contributed by atoms with E-state index in [1.54, 1.807) is 0 Å². The third-order valence-electron chi connectivity index (χ3n) is 3.21. The lowest BCUT2D eigenvalue weighted by atomic mass is 10.2. The van der Waals surface area contributed by atoms with Gasteiger partial charge in [-0.05, 0) is 24.8 Å². The summed E-state index contributed by atoms with van der Waals surface area (Å²) >= 11 is 0. The van der Waals surface area contributed by atoms with Gasteiger partial charge in [-0.3, -0.25) is 4.79 Å². The molecule has 1 heterocycles. The van der Waals surface area contributed by atoms with Gasteiger partial charge in [0.1, 0.15) is 0 Å². The number of hydrogen-bond acceptors (Lipinski definition) is 3. The molecule has 1 aromatic rings. The Bertz CT molecular complexity index is 446. The van der Waals surface area contributed by atoms with Crippen molar-refractivity contribution in [1.82, 2.24) is 10.3 Å². The standard InChI is InChI=1S/C14H20FN3O/c1-2-7-16-13-12(15)11(6-9-17-13)14(19)18-8-5-10-3-4-10/h6,9-10H,2-5,7-8H2,1H3,(H,16,17)(H,18,19). The molecule has 1 aromatic heterocycles. The monoisotopic (exact) mass is 265 g/mol. The van der Waals surface area contributed by atoms with Crippen LogP contribution in [0.2, 0.25) is 0 Å². The molecule has 2 N–H and O–H groups in total. The van der Waals surface area contributed by atoms with E-state index in [0.29, 0.717) is 13.1 Å². The lowest BCUT2D eigenvalue weighted by molar-refractivity contribution is 0.0948. The van der Waals surface area contributed by atoms with E-state index in [2.05, 4.69) is 15.6 Å². The average molecular weight is 265 g/mol. The van der Waals surface area contributed by atoms with Crippen LogP contribution in [-0.2, 0) is 0 Å². The van der Waals surface area contributed by atoms with Gasteiger partial charge in [-0.1, -0.05) is 19.8 Å². The predicted octanol–water partition coefficient (Wildman–Crippen LogP) is 2.57. The highest BCUT2D eigenvalue weighted by Gasteiger charge is 2.21. The van der Waals surface area contributed by atoms with Gasteiger partial charge < -0.3 is 10.6 Å². The Hall–Kier alpha value is -1.65. The number of halogens is 1. The summed E-state index contributed by atoms with van der Waals surface area (Å²) in [6, 6.07) is 1.42. The second kappa shape index (κ2) is 6.50. The van der Waals surface area contributed by atoms with E-state index in [-0.39, 0.29) is 17.3 Å². The molecule has 0 bridgehead atoms. The zero-order valence-electron chi connectivity index (χ0n) is 11.2. The Kier molecular flexibility index (Phi) is 4.71. The molecule has 2 rings (SSSR count). The van der Waals surface area contributed by atoms with Crippen molar-refractivity contribution in [3.05, 3.63) is 23.6 Å².